The van der Waals surface area contributed by atoms with Gasteiger partial charge in [-0.25, -0.2) is 19.4 Å². The van der Waals surface area contributed by atoms with Crippen molar-refractivity contribution < 1.29 is 47.8 Å². The van der Waals surface area contributed by atoms with E-state index in [0.717, 1.165) is 35.2 Å². The molecule has 2 saturated heterocycles. The molecular weight excluding hydrogens is 801 g/mol. The second-order valence-electron chi connectivity index (χ2n) is 17.1. The third-order valence-electron chi connectivity index (χ3n) is 10.7. The van der Waals surface area contributed by atoms with Gasteiger partial charge in [0.05, 0.1) is 45.2 Å². The zero-order valence-corrected chi connectivity index (χ0v) is 36.8. The number of nitrogens with one attached hydrogen (secondary N) is 4. The molecule has 18 heteroatoms. The Bertz CT molecular complexity index is 2110. The number of amides is 6. The van der Waals surface area contributed by atoms with E-state index in [1.54, 1.807) is 70.0 Å². The molecule has 2 aromatic carbocycles. The predicted octanol–water partition coefficient (Wildman–Crippen LogP) is 4.87. The second kappa shape index (κ2) is 19.9. The zero-order chi connectivity index (χ0) is 45.5. The summed E-state index contributed by atoms with van der Waals surface area (Å²) in [6, 6.07) is 11.5. The van der Waals surface area contributed by atoms with Crippen LogP contribution >= 0.6 is 0 Å². The molecule has 0 radical (unpaired) electrons. The first kappa shape index (κ1) is 46.6. The number of nitrogens with zero attached hydrogens (tertiary/aromatic N) is 4. The van der Waals surface area contributed by atoms with Crippen molar-refractivity contribution >= 4 is 41.8 Å². The highest BCUT2D eigenvalue weighted by Gasteiger charge is 2.45. The van der Waals surface area contributed by atoms with Gasteiger partial charge in [-0.3, -0.25) is 24.1 Å². The fourth-order valence-electron chi connectivity index (χ4n) is 7.36. The van der Waals surface area contributed by atoms with Gasteiger partial charge in [-0.05, 0) is 62.1 Å². The summed E-state index contributed by atoms with van der Waals surface area (Å²) in [6.07, 6.45) is 1.07. The molecule has 5 rings (SSSR count). The molecule has 1 unspecified atom stereocenters. The van der Waals surface area contributed by atoms with Crippen LogP contribution in [0.15, 0.2) is 54.7 Å². The Kier molecular flexibility index (Phi) is 15.0. The molecule has 4 atom stereocenters. The Labute approximate surface area is 361 Å². The maximum atomic E-state index is 13.8. The summed E-state index contributed by atoms with van der Waals surface area (Å²) in [5.74, 6) is -1.67. The predicted molar refractivity (Wildman–Crippen MR) is 227 cm³/mol. The third kappa shape index (κ3) is 11.3. The Morgan fingerprint density at radius 2 is 1.32 bits per heavy atom. The van der Waals surface area contributed by atoms with E-state index in [1.807, 2.05) is 38.1 Å². The number of imidazole rings is 1. The molecule has 0 bridgehead atoms. The molecule has 334 valence electrons. The summed E-state index contributed by atoms with van der Waals surface area (Å²) in [5, 5.41) is 7.80. The molecular formula is C44H58N8O10. The number of aromatic nitrogens is 2. The van der Waals surface area contributed by atoms with Crippen LogP contribution in [0.2, 0.25) is 0 Å². The molecule has 2 fully saturated rings. The number of likely N-dealkylation sites (tertiary alicyclic amines) is 1. The van der Waals surface area contributed by atoms with Crippen molar-refractivity contribution in [1.29, 1.82) is 0 Å². The number of benzene rings is 2. The van der Waals surface area contributed by atoms with E-state index in [4.69, 9.17) is 14.2 Å². The van der Waals surface area contributed by atoms with Crippen molar-refractivity contribution in [3.05, 3.63) is 66.1 Å². The standard InChI is InChI=1S/C44H58N8O10/c1-25(2)35(48-41(57)60-8)39(55)51-20-10-11-32(51)37-45-21-31(47-37)29-16-12-27(13-17-29)28-14-18-30(19-15-28)34(53)22-46-38(54)33-23-50(43(59)62-44(5,6)7)24-52(33)40(56)36(26(3)4)49-42(58)61-9/h12-19,21,25-26,32-33,35-36H,10-11,20,22-24H2,1-9H3,(H,45,47)(H,46,54)(H,48,57)(H,49,58)/t32-,33-,35-,36?/m0/s1. The first-order chi connectivity index (χ1) is 29.3. The number of carbonyl (C=O) groups excluding carboxylic acids is 7. The van der Waals surface area contributed by atoms with Gasteiger partial charge in [-0.1, -0.05) is 76.2 Å². The van der Waals surface area contributed by atoms with E-state index in [2.05, 4.69) is 25.9 Å². The lowest BCUT2D eigenvalue weighted by Gasteiger charge is -2.30. The van der Waals surface area contributed by atoms with Gasteiger partial charge in [-0.2, -0.15) is 0 Å². The molecule has 3 aromatic rings. The highest BCUT2D eigenvalue weighted by atomic mass is 16.6. The number of methoxy groups -OCH3 is 2. The number of carbonyl (C=O) groups is 7. The summed E-state index contributed by atoms with van der Waals surface area (Å²) in [5.41, 5.74) is 2.94. The fourth-order valence-corrected chi connectivity index (χ4v) is 7.36. The summed E-state index contributed by atoms with van der Waals surface area (Å²) in [7, 11) is 2.44. The Morgan fingerprint density at radius 3 is 1.85 bits per heavy atom. The Morgan fingerprint density at radius 1 is 0.790 bits per heavy atom. The first-order valence-corrected chi connectivity index (χ1v) is 20.7. The van der Waals surface area contributed by atoms with Crippen LogP contribution in [0, 0.1) is 11.8 Å². The lowest BCUT2D eigenvalue weighted by atomic mass is 10.0. The minimum atomic E-state index is -1.16. The number of hydrogen-bond donors (Lipinski definition) is 4. The lowest BCUT2D eigenvalue weighted by Crippen LogP contribution is -2.56. The number of ether oxygens (including phenoxy) is 3. The molecule has 62 heavy (non-hydrogen) atoms. The molecule has 2 aliphatic rings. The van der Waals surface area contributed by atoms with Crippen LogP contribution in [0.4, 0.5) is 14.4 Å². The quantitative estimate of drug-likeness (QED) is 0.134. The lowest BCUT2D eigenvalue weighted by molar-refractivity contribution is -0.140. The molecule has 0 aliphatic carbocycles. The van der Waals surface area contributed by atoms with Crippen molar-refractivity contribution in [3.63, 3.8) is 0 Å². The molecule has 0 saturated carbocycles. The number of hydrogen-bond acceptors (Lipinski definition) is 11. The number of rotatable bonds is 13. The van der Waals surface area contributed by atoms with Gasteiger partial charge in [0.25, 0.3) is 0 Å². The molecule has 6 amide bonds. The molecule has 2 aliphatic heterocycles. The van der Waals surface area contributed by atoms with Crippen molar-refractivity contribution in [2.45, 2.75) is 91.1 Å². The van der Waals surface area contributed by atoms with Gasteiger partial charge in [0, 0.05) is 12.1 Å². The smallest absolute Gasteiger partial charge is 0.411 e. The number of H-pyrrole nitrogens is 1. The van der Waals surface area contributed by atoms with Crippen LogP contribution in [-0.4, -0.2) is 131 Å². The molecule has 0 spiro atoms. The third-order valence-corrected chi connectivity index (χ3v) is 10.7. The number of alkyl carbamates (subject to hydrolysis) is 2. The maximum Gasteiger partial charge on any atom is 0.411 e. The van der Waals surface area contributed by atoms with Gasteiger partial charge in [0.2, 0.25) is 17.7 Å². The van der Waals surface area contributed by atoms with E-state index in [1.165, 1.54) is 24.0 Å². The van der Waals surface area contributed by atoms with Gasteiger partial charge in [0.15, 0.2) is 5.78 Å². The van der Waals surface area contributed by atoms with E-state index in [0.29, 0.717) is 17.9 Å². The minimum absolute atomic E-state index is 0.142. The SMILES string of the molecule is COC(=O)NC(C(=O)N1CN(C(=O)OC(C)(C)C)C[C@H]1C(=O)NCC(=O)c1ccc(-c2ccc(-c3cnc([C@@H]4CCCN4C(=O)[C@@H](NC(=O)OC)C(C)C)[nH]3)cc2)cc1)C(C)C. The summed E-state index contributed by atoms with van der Waals surface area (Å²) in [6.45, 7) is 12.0. The van der Waals surface area contributed by atoms with Crippen molar-refractivity contribution in [2.24, 2.45) is 11.8 Å². The minimum Gasteiger partial charge on any atom is -0.453 e. The van der Waals surface area contributed by atoms with Crippen LogP contribution < -0.4 is 16.0 Å². The van der Waals surface area contributed by atoms with E-state index in [-0.39, 0.29) is 49.3 Å². The van der Waals surface area contributed by atoms with Crippen molar-refractivity contribution in [3.8, 4) is 22.4 Å². The molecule has 4 N–H and O–H groups in total. The highest BCUT2D eigenvalue weighted by Crippen LogP contribution is 2.33. The number of ketones is 1. The monoisotopic (exact) mass is 858 g/mol. The molecule has 3 heterocycles. The topological polar surface area (TPSA) is 222 Å². The summed E-state index contributed by atoms with van der Waals surface area (Å²) < 4.78 is 14.9. The van der Waals surface area contributed by atoms with E-state index in [9.17, 15) is 33.6 Å². The molecule has 1 aromatic heterocycles. The van der Waals surface area contributed by atoms with Crippen LogP contribution in [0.5, 0.6) is 0 Å². The normalized spacial score (nSPS) is 17.4. The largest absolute Gasteiger partial charge is 0.453 e. The Hall–Kier alpha value is -6.46. The van der Waals surface area contributed by atoms with Crippen LogP contribution in [-0.2, 0) is 28.6 Å². The van der Waals surface area contributed by atoms with Crippen molar-refractivity contribution in [2.75, 3.05) is 40.5 Å². The Balaban J connectivity index is 1.22. The average molecular weight is 859 g/mol. The fraction of sp³-hybridized carbons (Fsp3) is 0.500. The summed E-state index contributed by atoms with van der Waals surface area (Å²) >= 11 is 0. The summed E-state index contributed by atoms with van der Waals surface area (Å²) in [4.78, 5) is 103. The average Bonchev–Trinajstić information content (AvgIpc) is 4.03. The van der Waals surface area contributed by atoms with Gasteiger partial charge < -0.3 is 44.9 Å². The van der Waals surface area contributed by atoms with Gasteiger partial charge in [-0.15, -0.1) is 0 Å². The maximum absolute atomic E-state index is 13.8. The second-order valence-corrected chi connectivity index (χ2v) is 17.1. The van der Waals surface area contributed by atoms with Crippen LogP contribution in [0.25, 0.3) is 22.4 Å². The van der Waals surface area contributed by atoms with Crippen LogP contribution in [0.1, 0.15) is 83.5 Å². The number of aromatic amines is 1. The molecule has 18 nitrogen and oxygen atoms in total. The van der Waals surface area contributed by atoms with E-state index >= 15 is 0 Å². The van der Waals surface area contributed by atoms with Crippen LogP contribution in [0.3, 0.4) is 0 Å². The van der Waals surface area contributed by atoms with Gasteiger partial charge >= 0.3 is 18.3 Å². The van der Waals surface area contributed by atoms with Crippen molar-refractivity contribution in [1.82, 2.24) is 40.6 Å². The van der Waals surface area contributed by atoms with E-state index < -0.39 is 53.8 Å². The first-order valence-electron chi connectivity index (χ1n) is 20.7. The zero-order valence-electron chi connectivity index (χ0n) is 36.8. The highest BCUT2D eigenvalue weighted by molar-refractivity contribution is 6.01. The number of Topliss-reactive ketones (excluding diaryl/α,β-unsaturated/α-hetero) is 1. The van der Waals surface area contributed by atoms with Gasteiger partial charge in [0.1, 0.15) is 36.2 Å².